The third-order valence-electron chi connectivity index (χ3n) is 28.6. The Labute approximate surface area is 665 Å². The summed E-state index contributed by atoms with van der Waals surface area (Å²) in [5.74, 6) is 0. The summed E-state index contributed by atoms with van der Waals surface area (Å²) >= 11 is 0. The molecule has 0 spiro atoms. The molecule has 2 aromatic heterocycles. The number of rotatable bonds is 30. The molecule has 0 saturated carbocycles. The van der Waals surface area contributed by atoms with Gasteiger partial charge in [-0.2, -0.15) is 0 Å². The van der Waals surface area contributed by atoms with Gasteiger partial charge < -0.3 is 8.83 Å². The van der Waals surface area contributed by atoms with Gasteiger partial charge in [-0.1, -0.05) is 319 Å². The molecule has 15 aromatic rings. The molecule has 2 heteroatoms. The summed E-state index contributed by atoms with van der Waals surface area (Å²) < 4.78 is 13.3. The highest BCUT2D eigenvalue weighted by molar-refractivity contribution is 6.16. The van der Waals surface area contributed by atoms with Gasteiger partial charge in [0.25, 0.3) is 0 Å². The van der Waals surface area contributed by atoms with Crippen LogP contribution >= 0.6 is 0 Å². The molecule has 0 unspecified atom stereocenters. The van der Waals surface area contributed by atoms with Crippen molar-refractivity contribution in [3.63, 3.8) is 0 Å². The highest BCUT2D eigenvalue weighted by Gasteiger charge is 2.51. The summed E-state index contributed by atoms with van der Waals surface area (Å²) in [4.78, 5) is 0. The molecule has 0 atom stereocenters. The summed E-state index contributed by atoms with van der Waals surface area (Å²) in [5.41, 5.74) is 32.4. The Balaban J connectivity index is 0.804. The van der Waals surface area contributed by atoms with E-state index in [0.29, 0.717) is 0 Å². The van der Waals surface area contributed by atoms with Crippen molar-refractivity contribution in [1.82, 2.24) is 0 Å². The number of fused-ring (bicyclic) bond motifs is 24. The van der Waals surface area contributed by atoms with Crippen molar-refractivity contribution in [3.8, 4) is 66.8 Å². The predicted molar refractivity (Wildman–Crippen MR) is 481 cm³/mol. The second-order valence-electron chi connectivity index (χ2n) is 36.1. The zero-order valence-corrected chi connectivity index (χ0v) is 68.2. The standard InChI is InChI=1S/C110H114O2/c1-9-13-17-21-25-37-53-109(54-38-26-22-18-14-10-2)95-67-86-84-66-94-92(106-80-48-36-34-46-78(80)82(64-100(106)108(94,7)8)76-50-52-102-88(60-76)90-58-72-42-30-32-44-74(72)62-104(90)112-102)70-98(84)110(55-39-27-23-19-15-11-3,56-40-28-24-20-16-12-4)96(86)68-85(95)83-65-93-91(69-97(83)109)105-79-47-35-33-45-77(79)81(63-99(105)107(93,5)6)75-49-51-101-87(59-75)89-57-71-41-29-31-43-73(71)61-103(89)111-101/h29-36,41-52,57-70H,9-28,37-40,53-56H2,1-8H3. The molecule has 2 nitrogen and oxygen atoms in total. The fraction of sp³-hybridized carbons (Fsp3) is 0.364. The number of hydrogen-bond donors (Lipinski definition) is 0. The fourth-order valence-electron chi connectivity index (χ4n) is 22.5. The van der Waals surface area contributed by atoms with E-state index in [9.17, 15) is 0 Å². The van der Waals surface area contributed by atoms with Crippen molar-refractivity contribution in [2.24, 2.45) is 0 Å². The van der Waals surface area contributed by atoms with Crippen LogP contribution in [0.3, 0.4) is 0 Å². The maximum absolute atomic E-state index is 6.66. The molecule has 2 heterocycles. The van der Waals surface area contributed by atoms with Crippen LogP contribution in [-0.4, -0.2) is 0 Å². The second kappa shape index (κ2) is 29.5. The van der Waals surface area contributed by atoms with Crippen LogP contribution in [0.4, 0.5) is 0 Å². The van der Waals surface area contributed by atoms with Crippen LogP contribution in [0.2, 0.25) is 0 Å². The van der Waals surface area contributed by atoms with Gasteiger partial charge in [0.05, 0.1) is 0 Å². The molecule has 112 heavy (non-hydrogen) atoms. The van der Waals surface area contributed by atoms with E-state index in [2.05, 4.69) is 262 Å². The highest BCUT2D eigenvalue weighted by Crippen LogP contribution is 2.66. The van der Waals surface area contributed by atoms with Gasteiger partial charge in [-0.3, -0.25) is 0 Å². The molecule has 0 radical (unpaired) electrons. The number of hydrogen-bond acceptors (Lipinski definition) is 2. The van der Waals surface area contributed by atoms with Crippen LogP contribution < -0.4 is 0 Å². The van der Waals surface area contributed by atoms with E-state index >= 15 is 0 Å². The van der Waals surface area contributed by atoms with Gasteiger partial charge in [-0.05, 0) is 277 Å². The average molecular weight is 1470 g/mol. The zero-order chi connectivity index (χ0) is 76.0. The van der Waals surface area contributed by atoms with Crippen molar-refractivity contribution in [1.29, 1.82) is 0 Å². The van der Waals surface area contributed by atoms with Gasteiger partial charge in [0.2, 0.25) is 0 Å². The minimum atomic E-state index is -0.271. The third kappa shape index (κ3) is 12.0. The lowest BCUT2D eigenvalue weighted by molar-refractivity contribution is 0.394. The fourth-order valence-corrected chi connectivity index (χ4v) is 22.5. The molecule has 13 aromatic carbocycles. The Hall–Kier alpha value is -9.50. The third-order valence-corrected chi connectivity index (χ3v) is 28.6. The molecule has 566 valence electrons. The molecule has 0 bridgehead atoms. The average Bonchev–Trinajstić information content (AvgIpc) is 1.51. The Morgan fingerprint density at radius 2 is 0.491 bits per heavy atom. The number of furan rings is 2. The van der Waals surface area contributed by atoms with E-state index in [1.54, 1.807) is 33.4 Å². The molecule has 4 aliphatic rings. The van der Waals surface area contributed by atoms with Crippen molar-refractivity contribution in [3.05, 3.63) is 251 Å². The van der Waals surface area contributed by atoms with E-state index in [0.717, 1.165) is 22.3 Å². The first-order valence-electron chi connectivity index (χ1n) is 44.3. The first-order chi connectivity index (χ1) is 54.8. The van der Waals surface area contributed by atoms with Crippen LogP contribution in [0.5, 0.6) is 0 Å². The first-order valence-corrected chi connectivity index (χ1v) is 44.3. The summed E-state index contributed by atoms with van der Waals surface area (Å²) in [7, 11) is 0. The smallest absolute Gasteiger partial charge is 0.136 e. The molecule has 0 amide bonds. The summed E-state index contributed by atoms with van der Waals surface area (Å²) in [6, 6.07) is 81.9. The maximum atomic E-state index is 6.66. The maximum Gasteiger partial charge on any atom is 0.136 e. The van der Waals surface area contributed by atoms with Crippen molar-refractivity contribution in [2.75, 3.05) is 0 Å². The Bertz CT molecular complexity index is 5760. The molecule has 0 aliphatic heterocycles. The molecular weight excluding hydrogens is 1350 g/mol. The summed E-state index contributed by atoms with van der Waals surface area (Å²) in [5, 5.41) is 15.0. The van der Waals surface area contributed by atoms with Gasteiger partial charge >= 0.3 is 0 Å². The van der Waals surface area contributed by atoms with E-state index < -0.39 is 0 Å². The molecule has 19 rings (SSSR count). The van der Waals surface area contributed by atoms with Gasteiger partial charge in [-0.15, -0.1) is 0 Å². The quantitative estimate of drug-likeness (QED) is 0.0420. The highest BCUT2D eigenvalue weighted by atomic mass is 16.3. The molecule has 4 aliphatic carbocycles. The number of unbranched alkanes of at least 4 members (excludes halogenated alkanes) is 20. The van der Waals surface area contributed by atoms with Crippen LogP contribution in [0, 0.1) is 0 Å². The molecule has 0 fully saturated rings. The van der Waals surface area contributed by atoms with E-state index in [4.69, 9.17) is 8.83 Å². The van der Waals surface area contributed by atoms with Crippen molar-refractivity contribution >= 4 is 87.0 Å². The van der Waals surface area contributed by atoms with E-state index in [1.807, 2.05) is 0 Å². The van der Waals surface area contributed by atoms with Crippen molar-refractivity contribution in [2.45, 2.75) is 257 Å². The summed E-state index contributed by atoms with van der Waals surface area (Å²) in [6.07, 6.45) is 35.7. The monoisotopic (exact) mass is 1470 g/mol. The molecule has 0 saturated heterocycles. The zero-order valence-electron chi connectivity index (χ0n) is 68.2. The topological polar surface area (TPSA) is 26.3 Å². The Kier molecular flexibility index (Phi) is 19.1. The van der Waals surface area contributed by atoms with Crippen LogP contribution in [-0.2, 0) is 21.7 Å². The van der Waals surface area contributed by atoms with Gasteiger partial charge in [-0.25, -0.2) is 0 Å². The lowest BCUT2D eigenvalue weighted by Crippen LogP contribution is -2.27. The van der Waals surface area contributed by atoms with Crippen LogP contribution in [0.15, 0.2) is 215 Å². The normalized spacial score (nSPS) is 15.0. The molecular formula is C110H114O2. The van der Waals surface area contributed by atoms with Crippen LogP contribution in [0.25, 0.3) is 154 Å². The van der Waals surface area contributed by atoms with Crippen LogP contribution in [0.1, 0.15) is 280 Å². The van der Waals surface area contributed by atoms with E-state index in [-0.39, 0.29) is 21.7 Å². The SMILES string of the molecule is CCCCCCCCC1(CCCCCCCC)c2cc3c(cc2-c2cc4c(cc21)-c1cc2c(cc1C4(CCCCCCCC)CCCCCCCC)-c1c(cc(-c4ccc5oc6cc7ccccc7cc6c5c4)c4ccccc14)C2(C)C)C(C)(C)c1cc(-c2ccc4oc5cc6ccccc6cc5c4c2)c2ccccc2c1-3. The second-order valence-corrected chi connectivity index (χ2v) is 36.1. The minimum Gasteiger partial charge on any atom is -0.456 e. The predicted octanol–water partition coefficient (Wildman–Crippen LogP) is 33.6. The first kappa shape index (κ1) is 72.7. The van der Waals surface area contributed by atoms with E-state index in [1.165, 1.54) is 322 Å². The van der Waals surface area contributed by atoms with Crippen molar-refractivity contribution < 1.29 is 8.83 Å². The van der Waals surface area contributed by atoms with Gasteiger partial charge in [0, 0.05) is 43.2 Å². The number of benzene rings is 13. The lowest BCUT2D eigenvalue weighted by Gasteiger charge is -2.35. The Morgan fingerprint density at radius 1 is 0.214 bits per heavy atom. The molecule has 0 N–H and O–H groups in total. The van der Waals surface area contributed by atoms with Gasteiger partial charge in [0.1, 0.15) is 22.3 Å². The largest absolute Gasteiger partial charge is 0.456 e. The minimum absolute atomic E-state index is 0.147. The Morgan fingerprint density at radius 3 is 0.839 bits per heavy atom. The lowest BCUT2D eigenvalue weighted by atomic mass is 9.68. The summed E-state index contributed by atoms with van der Waals surface area (Å²) in [6.45, 7) is 19.7. The van der Waals surface area contributed by atoms with Gasteiger partial charge in [0.15, 0.2) is 0 Å².